The second-order valence-electron chi connectivity index (χ2n) is 5.29. The van der Waals surface area contributed by atoms with Crippen molar-refractivity contribution in [2.24, 2.45) is 5.92 Å². The zero-order valence-corrected chi connectivity index (χ0v) is 12.1. The van der Waals surface area contributed by atoms with Crippen LogP contribution in [0.4, 0.5) is 4.39 Å². The minimum absolute atomic E-state index is 0.0254. The highest BCUT2D eigenvalue weighted by atomic mass is 19.1. The van der Waals surface area contributed by atoms with Gasteiger partial charge < -0.3 is 10.2 Å². The predicted molar refractivity (Wildman–Crippen MR) is 75.1 cm³/mol. The minimum atomic E-state index is -0.137. The molecule has 0 saturated heterocycles. The van der Waals surface area contributed by atoms with Gasteiger partial charge in [0.2, 0.25) is 0 Å². The Balaban J connectivity index is 2.77. The van der Waals surface area contributed by atoms with Crippen molar-refractivity contribution < 1.29 is 4.39 Å². The summed E-state index contributed by atoms with van der Waals surface area (Å²) < 4.78 is 13.8. The van der Waals surface area contributed by atoms with Crippen molar-refractivity contribution in [3.8, 4) is 0 Å². The summed E-state index contributed by atoms with van der Waals surface area (Å²) in [4.78, 5) is 2.28. The molecule has 1 rings (SSSR count). The molecule has 0 radical (unpaired) electrons. The first kappa shape index (κ1) is 15.1. The van der Waals surface area contributed by atoms with E-state index in [4.69, 9.17) is 0 Å². The molecule has 0 amide bonds. The first-order valence-electron chi connectivity index (χ1n) is 6.59. The molecule has 0 saturated carbocycles. The van der Waals surface area contributed by atoms with Crippen molar-refractivity contribution in [2.45, 2.75) is 32.9 Å². The molecule has 0 heterocycles. The number of benzene rings is 1. The smallest absolute Gasteiger partial charge is 0.128 e. The fourth-order valence-electron chi connectivity index (χ4n) is 2.07. The number of hydrogen-bond donors (Lipinski definition) is 1. The molecule has 102 valence electrons. The predicted octanol–water partition coefficient (Wildman–Crippen LogP) is 3.06. The molecule has 0 aliphatic carbocycles. The van der Waals surface area contributed by atoms with E-state index in [1.54, 1.807) is 6.07 Å². The Kier molecular flexibility index (Phi) is 5.76. The molecule has 2 unspecified atom stereocenters. The second-order valence-corrected chi connectivity index (χ2v) is 5.29. The first-order chi connectivity index (χ1) is 8.47. The van der Waals surface area contributed by atoms with Crippen molar-refractivity contribution in [3.63, 3.8) is 0 Å². The Morgan fingerprint density at radius 2 is 1.83 bits per heavy atom. The maximum absolute atomic E-state index is 13.8. The van der Waals surface area contributed by atoms with Crippen LogP contribution in [0.1, 0.15) is 32.4 Å². The Labute approximate surface area is 110 Å². The van der Waals surface area contributed by atoms with Crippen LogP contribution in [0.2, 0.25) is 0 Å². The number of halogens is 1. The van der Waals surface area contributed by atoms with Crippen molar-refractivity contribution in [3.05, 3.63) is 35.6 Å². The number of hydrogen-bond acceptors (Lipinski definition) is 2. The van der Waals surface area contributed by atoms with Gasteiger partial charge in [0, 0.05) is 24.2 Å². The van der Waals surface area contributed by atoms with Gasteiger partial charge in [-0.2, -0.15) is 0 Å². The minimum Gasteiger partial charge on any atom is -0.312 e. The Morgan fingerprint density at radius 1 is 1.22 bits per heavy atom. The van der Waals surface area contributed by atoms with Gasteiger partial charge in [-0.1, -0.05) is 32.0 Å². The molecule has 3 heteroatoms. The summed E-state index contributed by atoms with van der Waals surface area (Å²) in [6, 6.07) is 7.49. The molecule has 0 fully saturated rings. The number of nitrogens with zero attached hydrogens (tertiary/aromatic N) is 1. The summed E-state index contributed by atoms with van der Waals surface area (Å²) in [7, 11) is 3.97. The fourth-order valence-corrected chi connectivity index (χ4v) is 2.07. The van der Waals surface area contributed by atoms with Crippen LogP contribution in [0.5, 0.6) is 0 Å². The maximum Gasteiger partial charge on any atom is 0.128 e. The van der Waals surface area contributed by atoms with Crippen LogP contribution in [-0.2, 0) is 0 Å². The summed E-state index contributed by atoms with van der Waals surface area (Å²) in [6.07, 6.45) is 0. The van der Waals surface area contributed by atoms with Crippen LogP contribution in [0, 0.1) is 11.7 Å². The van der Waals surface area contributed by atoms with E-state index < -0.39 is 0 Å². The Morgan fingerprint density at radius 3 is 2.33 bits per heavy atom. The molecular weight excluding hydrogens is 227 g/mol. The van der Waals surface area contributed by atoms with Gasteiger partial charge in [0.05, 0.1) is 0 Å². The van der Waals surface area contributed by atoms with E-state index in [0.29, 0.717) is 12.0 Å². The summed E-state index contributed by atoms with van der Waals surface area (Å²) in [6.45, 7) is 7.42. The lowest BCUT2D eigenvalue weighted by atomic mass is 10.0. The molecule has 0 bridgehead atoms. The lowest BCUT2D eigenvalue weighted by molar-refractivity contribution is 0.189. The summed E-state index contributed by atoms with van der Waals surface area (Å²) in [5.41, 5.74) is 0.739. The highest BCUT2D eigenvalue weighted by Gasteiger charge is 2.19. The number of rotatable bonds is 6. The van der Waals surface area contributed by atoms with Crippen LogP contribution in [-0.4, -0.2) is 31.6 Å². The lowest BCUT2D eigenvalue weighted by Crippen LogP contribution is -2.39. The molecule has 1 aromatic rings. The first-order valence-corrected chi connectivity index (χ1v) is 6.59. The number of likely N-dealkylation sites (N-methyl/N-ethyl adjacent to an activating group) is 2. The molecule has 2 atom stereocenters. The van der Waals surface area contributed by atoms with Crippen molar-refractivity contribution >= 4 is 0 Å². The molecule has 0 aliphatic rings. The average Bonchev–Trinajstić information content (AvgIpc) is 2.35. The summed E-state index contributed by atoms with van der Waals surface area (Å²) in [5.74, 6) is 0.454. The molecule has 1 N–H and O–H groups in total. The maximum atomic E-state index is 13.8. The van der Waals surface area contributed by atoms with E-state index in [1.807, 2.05) is 19.2 Å². The van der Waals surface area contributed by atoms with E-state index in [0.717, 1.165) is 12.1 Å². The monoisotopic (exact) mass is 252 g/mol. The molecule has 18 heavy (non-hydrogen) atoms. The third-order valence-electron chi connectivity index (χ3n) is 3.76. The zero-order valence-electron chi connectivity index (χ0n) is 12.1. The molecule has 1 aromatic carbocycles. The average molecular weight is 252 g/mol. The van der Waals surface area contributed by atoms with E-state index in [1.165, 1.54) is 6.07 Å². The molecule has 0 spiro atoms. The van der Waals surface area contributed by atoms with Crippen LogP contribution in [0.3, 0.4) is 0 Å². The van der Waals surface area contributed by atoms with Gasteiger partial charge >= 0.3 is 0 Å². The van der Waals surface area contributed by atoms with Gasteiger partial charge in [0.25, 0.3) is 0 Å². The van der Waals surface area contributed by atoms with Crippen LogP contribution >= 0.6 is 0 Å². The van der Waals surface area contributed by atoms with E-state index in [9.17, 15) is 4.39 Å². The van der Waals surface area contributed by atoms with Crippen molar-refractivity contribution in [1.82, 2.24) is 10.2 Å². The standard InChI is InChI=1S/C15H25FN2/c1-11(2)12(3)18(5)10-15(17-4)13-8-6-7-9-14(13)16/h6-9,11-12,15,17H,10H2,1-5H3. The summed E-state index contributed by atoms with van der Waals surface area (Å²) in [5, 5.41) is 3.20. The molecule has 0 aliphatic heterocycles. The quantitative estimate of drug-likeness (QED) is 0.837. The highest BCUT2D eigenvalue weighted by molar-refractivity contribution is 5.21. The third-order valence-corrected chi connectivity index (χ3v) is 3.76. The molecule has 0 aromatic heterocycles. The largest absolute Gasteiger partial charge is 0.312 e. The highest BCUT2D eigenvalue weighted by Crippen LogP contribution is 2.19. The summed E-state index contributed by atoms with van der Waals surface area (Å²) >= 11 is 0. The second kappa shape index (κ2) is 6.86. The van der Waals surface area contributed by atoms with Crippen LogP contribution in [0.15, 0.2) is 24.3 Å². The zero-order chi connectivity index (χ0) is 13.7. The van der Waals surface area contributed by atoms with Crippen molar-refractivity contribution in [1.29, 1.82) is 0 Å². The van der Waals surface area contributed by atoms with Gasteiger partial charge in [0.15, 0.2) is 0 Å². The lowest BCUT2D eigenvalue weighted by Gasteiger charge is -2.31. The SMILES string of the molecule is CNC(CN(C)C(C)C(C)C)c1ccccc1F. The van der Waals surface area contributed by atoms with E-state index in [2.05, 4.69) is 38.0 Å². The third kappa shape index (κ3) is 3.79. The van der Waals surface area contributed by atoms with Gasteiger partial charge in [-0.3, -0.25) is 0 Å². The Bertz CT molecular complexity index is 365. The fraction of sp³-hybridized carbons (Fsp3) is 0.600. The van der Waals surface area contributed by atoms with Crippen molar-refractivity contribution in [2.75, 3.05) is 20.6 Å². The Hall–Kier alpha value is -0.930. The van der Waals surface area contributed by atoms with E-state index >= 15 is 0 Å². The van der Waals surface area contributed by atoms with Crippen LogP contribution in [0.25, 0.3) is 0 Å². The molecular formula is C15H25FN2. The van der Waals surface area contributed by atoms with Gasteiger partial charge in [0.1, 0.15) is 5.82 Å². The van der Waals surface area contributed by atoms with Gasteiger partial charge in [-0.15, -0.1) is 0 Å². The topological polar surface area (TPSA) is 15.3 Å². The van der Waals surface area contributed by atoms with Crippen LogP contribution < -0.4 is 5.32 Å². The normalized spacial score (nSPS) is 15.1. The molecule has 2 nitrogen and oxygen atoms in total. The number of nitrogens with one attached hydrogen (secondary N) is 1. The van der Waals surface area contributed by atoms with E-state index in [-0.39, 0.29) is 11.9 Å². The van der Waals surface area contributed by atoms with Gasteiger partial charge in [-0.25, -0.2) is 4.39 Å². The van der Waals surface area contributed by atoms with Gasteiger partial charge in [-0.05, 0) is 33.0 Å².